The molecule has 4 saturated heterocycles. The summed E-state index contributed by atoms with van der Waals surface area (Å²) in [5.41, 5.74) is 6.32. The molecule has 8 nitrogen and oxygen atoms in total. The summed E-state index contributed by atoms with van der Waals surface area (Å²) in [7, 11) is 0. The molecular weight excluding hydrogens is 410 g/mol. The van der Waals surface area contributed by atoms with Crippen LogP contribution in [0, 0.1) is 17.8 Å². The smallest absolute Gasteiger partial charge is 0.141 e. The predicted octanol–water partition coefficient (Wildman–Crippen LogP) is -0.260. The van der Waals surface area contributed by atoms with E-state index in [1.807, 2.05) is 0 Å². The quantitative estimate of drug-likeness (QED) is 0.469. The van der Waals surface area contributed by atoms with Crippen molar-refractivity contribution < 1.29 is 28.5 Å². The average molecular weight is 447 g/mol. The van der Waals surface area contributed by atoms with E-state index in [0.29, 0.717) is 19.8 Å². The van der Waals surface area contributed by atoms with Gasteiger partial charge in [0.1, 0.15) is 36.9 Å². The summed E-state index contributed by atoms with van der Waals surface area (Å²) < 4.78 is 40.1. The average Bonchev–Trinajstić information content (AvgIpc) is 3.43. The standard InChI is InChI=1S/C21H36F2N4O4/c1-2-4-26-9-25-19(24)11-3-5-27(20(11)26)21-16(29)15(28)18(31-21)17-12-7-14(23)13(22)6-10(12)8-30-17/h10-21,25,28-29H,2-9,24H2,1H3/t10?,11?,12?,13?,14?,15-,16+,17+,18-,19?,20?,21+/m0/s1. The van der Waals surface area contributed by atoms with Gasteiger partial charge in [-0.2, -0.15) is 0 Å². The van der Waals surface area contributed by atoms with E-state index in [1.165, 1.54) is 0 Å². The van der Waals surface area contributed by atoms with Crippen molar-refractivity contribution in [3.05, 3.63) is 0 Å². The van der Waals surface area contributed by atoms with Crippen LogP contribution < -0.4 is 11.1 Å². The van der Waals surface area contributed by atoms with Crippen LogP contribution in [-0.4, -0.2) is 102 Å². The Bertz CT molecular complexity index is 651. The van der Waals surface area contributed by atoms with E-state index in [0.717, 1.165) is 19.4 Å². The Morgan fingerprint density at radius 2 is 1.87 bits per heavy atom. The molecule has 10 heteroatoms. The molecule has 4 heterocycles. The first-order valence-electron chi connectivity index (χ1n) is 11.8. The summed E-state index contributed by atoms with van der Waals surface area (Å²) >= 11 is 0. The minimum Gasteiger partial charge on any atom is -0.387 e. The zero-order chi connectivity index (χ0) is 21.9. The van der Waals surface area contributed by atoms with Crippen molar-refractivity contribution in [1.82, 2.24) is 15.1 Å². The molecule has 0 spiro atoms. The van der Waals surface area contributed by atoms with Crippen LogP contribution in [0.2, 0.25) is 0 Å². The maximum Gasteiger partial charge on any atom is 0.141 e. The van der Waals surface area contributed by atoms with E-state index >= 15 is 0 Å². The SMILES string of the molecule is CCCN1CNC(N)C2CCN([C@@H]3O[C@H]([C@@H]4OCC5CC(F)C(F)CC54)[C@@H](O)[C@H]3O)C21. The summed E-state index contributed by atoms with van der Waals surface area (Å²) in [6.45, 7) is 4.74. The van der Waals surface area contributed by atoms with Gasteiger partial charge >= 0.3 is 0 Å². The second-order valence-corrected chi connectivity index (χ2v) is 10.0. The number of nitrogens with one attached hydrogen (secondary N) is 1. The van der Waals surface area contributed by atoms with Crippen LogP contribution >= 0.6 is 0 Å². The van der Waals surface area contributed by atoms with Crippen molar-refractivity contribution in [2.75, 3.05) is 26.4 Å². The largest absolute Gasteiger partial charge is 0.387 e. The molecule has 0 aromatic rings. The lowest BCUT2D eigenvalue weighted by molar-refractivity contribution is -0.154. The van der Waals surface area contributed by atoms with Crippen LogP contribution in [0.25, 0.3) is 0 Å². The molecule has 31 heavy (non-hydrogen) atoms. The van der Waals surface area contributed by atoms with Gasteiger partial charge in [0.05, 0.1) is 31.7 Å². The monoisotopic (exact) mass is 446 g/mol. The number of likely N-dealkylation sites (tertiary alicyclic amines) is 1. The van der Waals surface area contributed by atoms with Gasteiger partial charge in [-0.15, -0.1) is 0 Å². The molecule has 0 aromatic carbocycles. The highest BCUT2D eigenvalue weighted by atomic mass is 19.2. The number of hydrogen-bond donors (Lipinski definition) is 4. The van der Waals surface area contributed by atoms with Crippen LogP contribution in [0.15, 0.2) is 0 Å². The lowest BCUT2D eigenvalue weighted by atomic mass is 9.75. The summed E-state index contributed by atoms with van der Waals surface area (Å²) in [5, 5.41) is 25.2. The summed E-state index contributed by atoms with van der Waals surface area (Å²) in [6, 6.07) is 0. The van der Waals surface area contributed by atoms with Crippen LogP contribution in [0.1, 0.15) is 32.6 Å². The fraction of sp³-hybridized carbons (Fsp3) is 1.00. The third kappa shape index (κ3) is 3.73. The maximum absolute atomic E-state index is 14.1. The molecule has 4 aliphatic heterocycles. The fourth-order valence-electron chi connectivity index (χ4n) is 6.65. The van der Waals surface area contributed by atoms with E-state index in [4.69, 9.17) is 15.2 Å². The Morgan fingerprint density at radius 1 is 1.10 bits per heavy atom. The first-order chi connectivity index (χ1) is 14.9. The molecule has 0 aromatic heterocycles. The van der Waals surface area contributed by atoms with Gasteiger partial charge in [-0.1, -0.05) is 6.92 Å². The number of ether oxygens (including phenoxy) is 2. The molecular formula is C21H36F2N4O4. The van der Waals surface area contributed by atoms with E-state index in [1.54, 1.807) is 0 Å². The minimum absolute atomic E-state index is 0.0243. The molecule has 0 amide bonds. The molecule has 1 aliphatic carbocycles. The molecule has 12 atom stereocenters. The van der Waals surface area contributed by atoms with Crippen molar-refractivity contribution in [3.8, 4) is 0 Å². The van der Waals surface area contributed by atoms with Gasteiger partial charge < -0.3 is 25.4 Å². The van der Waals surface area contributed by atoms with Crippen LogP contribution in [0.3, 0.4) is 0 Å². The van der Waals surface area contributed by atoms with Gasteiger partial charge in [-0.05, 0) is 37.5 Å². The number of fused-ring (bicyclic) bond motifs is 2. The van der Waals surface area contributed by atoms with Crippen molar-refractivity contribution in [2.45, 2.75) is 87.9 Å². The molecule has 5 fully saturated rings. The Labute approximate surface area is 182 Å². The van der Waals surface area contributed by atoms with Crippen LogP contribution in [0.4, 0.5) is 8.78 Å². The molecule has 5 rings (SSSR count). The van der Waals surface area contributed by atoms with Crippen molar-refractivity contribution >= 4 is 0 Å². The highest BCUT2D eigenvalue weighted by Crippen LogP contribution is 2.46. The van der Waals surface area contributed by atoms with E-state index in [9.17, 15) is 19.0 Å². The zero-order valence-electron chi connectivity index (χ0n) is 18.0. The van der Waals surface area contributed by atoms with Gasteiger partial charge in [0.25, 0.3) is 0 Å². The topological polar surface area (TPSA) is 103 Å². The summed E-state index contributed by atoms with van der Waals surface area (Å²) in [5.74, 6) is -0.0769. The second kappa shape index (κ2) is 8.72. The molecule has 5 aliphatic rings. The van der Waals surface area contributed by atoms with Crippen molar-refractivity contribution in [2.24, 2.45) is 23.5 Å². The van der Waals surface area contributed by atoms with E-state index < -0.39 is 43.0 Å². The van der Waals surface area contributed by atoms with Crippen LogP contribution in [-0.2, 0) is 9.47 Å². The molecule has 0 bridgehead atoms. The van der Waals surface area contributed by atoms with Gasteiger partial charge in [0.2, 0.25) is 0 Å². The zero-order valence-corrected chi connectivity index (χ0v) is 18.0. The lowest BCUT2D eigenvalue weighted by Gasteiger charge is -2.46. The third-order valence-electron chi connectivity index (χ3n) is 8.19. The number of alkyl halides is 2. The number of halogens is 2. The van der Waals surface area contributed by atoms with Gasteiger partial charge in [-0.25, -0.2) is 8.78 Å². The van der Waals surface area contributed by atoms with E-state index in [2.05, 4.69) is 22.0 Å². The first-order valence-corrected chi connectivity index (χ1v) is 11.8. The predicted molar refractivity (Wildman–Crippen MR) is 108 cm³/mol. The Morgan fingerprint density at radius 3 is 2.65 bits per heavy atom. The Kier molecular flexibility index (Phi) is 6.28. The third-order valence-corrected chi connectivity index (χ3v) is 8.19. The number of nitrogens with two attached hydrogens (primary N) is 1. The maximum atomic E-state index is 14.1. The Balaban J connectivity index is 1.33. The van der Waals surface area contributed by atoms with Gasteiger partial charge in [0.15, 0.2) is 0 Å². The molecule has 178 valence electrons. The van der Waals surface area contributed by atoms with Gasteiger partial charge in [-0.3, -0.25) is 15.1 Å². The molecule has 5 N–H and O–H groups in total. The highest BCUT2D eigenvalue weighted by Gasteiger charge is 2.58. The molecule has 0 radical (unpaired) electrons. The lowest BCUT2D eigenvalue weighted by Crippen LogP contribution is -2.65. The summed E-state index contributed by atoms with van der Waals surface area (Å²) in [6.07, 6.45) is -5.19. The van der Waals surface area contributed by atoms with Crippen molar-refractivity contribution in [1.29, 1.82) is 0 Å². The highest BCUT2D eigenvalue weighted by molar-refractivity contribution is 5.05. The number of rotatable bonds is 4. The minimum atomic E-state index is -1.51. The number of nitrogens with zero attached hydrogens (tertiary/aromatic N) is 2. The number of aliphatic hydroxyl groups is 2. The van der Waals surface area contributed by atoms with E-state index in [-0.39, 0.29) is 42.9 Å². The van der Waals surface area contributed by atoms with Gasteiger partial charge in [0, 0.05) is 19.0 Å². The fourth-order valence-corrected chi connectivity index (χ4v) is 6.65. The number of hydrogen-bond acceptors (Lipinski definition) is 8. The summed E-state index contributed by atoms with van der Waals surface area (Å²) in [4.78, 5) is 4.44. The first kappa shape index (κ1) is 22.3. The molecule has 7 unspecified atom stereocenters. The molecule has 1 saturated carbocycles. The number of aliphatic hydroxyl groups excluding tert-OH is 2. The Hall–Kier alpha value is -0.460. The normalized spacial score (nSPS) is 53.6. The van der Waals surface area contributed by atoms with Crippen LogP contribution in [0.5, 0.6) is 0 Å². The second-order valence-electron chi connectivity index (χ2n) is 10.0. The van der Waals surface area contributed by atoms with Crippen molar-refractivity contribution in [3.63, 3.8) is 0 Å².